The van der Waals surface area contributed by atoms with Crippen molar-refractivity contribution in [1.82, 2.24) is 20.4 Å². The SMILES string of the molecule is C[C@H](CNC(=O)c1cc(C2CC2)[nH]n1)N1CCCC1. The second kappa shape index (κ2) is 5.33. The fraction of sp³-hybridized carbons (Fsp3) is 0.714. The van der Waals surface area contributed by atoms with Crippen LogP contribution in [0.25, 0.3) is 0 Å². The van der Waals surface area contributed by atoms with Crippen LogP contribution in [0.4, 0.5) is 0 Å². The zero-order valence-electron chi connectivity index (χ0n) is 11.5. The highest BCUT2D eigenvalue weighted by Crippen LogP contribution is 2.38. The minimum absolute atomic E-state index is 0.0609. The van der Waals surface area contributed by atoms with Crippen LogP contribution in [0.3, 0.4) is 0 Å². The molecule has 1 aromatic heterocycles. The molecule has 19 heavy (non-hydrogen) atoms. The van der Waals surface area contributed by atoms with Gasteiger partial charge in [0.05, 0.1) is 0 Å². The third kappa shape index (κ3) is 2.97. The first-order valence-corrected chi connectivity index (χ1v) is 7.31. The Morgan fingerprint density at radius 2 is 2.26 bits per heavy atom. The topological polar surface area (TPSA) is 61.0 Å². The van der Waals surface area contributed by atoms with Crippen molar-refractivity contribution in [3.05, 3.63) is 17.5 Å². The lowest BCUT2D eigenvalue weighted by molar-refractivity contribution is 0.0935. The lowest BCUT2D eigenvalue weighted by atomic mass is 10.2. The van der Waals surface area contributed by atoms with Gasteiger partial charge >= 0.3 is 0 Å². The fourth-order valence-electron chi connectivity index (χ4n) is 2.70. The minimum Gasteiger partial charge on any atom is -0.349 e. The molecule has 2 aliphatic rings. The molecule has 5 nitrogen and oxygen atoms in total. The van der Waals surface area contributed by atoms with E-state index in [2.05, 4.69) is 27.3 Å². The molecule has 0 unspecified atom stereocenters. The zero-order valence-corrected chi connectivity index (χ0v) is 11.5. The number of nitrogens with one attached hydrogen (secondary N) is 2. The van der Waals surface area contributed by atoms with Crippen molar-refractivity contribution in [1.29, 1.82) is 0 Å². The minimum atomic E-state index is -0.0609. The molecule has 1 amide bonds. The number of aromatic nitrogens is 2. The average Bonchev–Trinajstić information content (AvgIpc) is 2.96. The molecular weight excluding hydrogens is 240 g/mol. The quantitative estimate of drug-likeness (QED) is 0.845. The van der Waals surface area contributed by atoms with Crippen molar-refractivity contribution in [2.45, 2.75) is 44.6 Å². The Kier molecular flexibility index (Phi) is 3.55. The molecule has 2 fully saturated rings. The number of likely N-dealkylation sites (tertiary alicyclic amines) is 1. The normalized spacial score (nSPS) is 21.5. The Labute approximate surface area is 113 Å². The second-order valence-corrected chi connectivity index (χ2v) is 5.78. The molecule has 0 aromatic carbocycles. The zero-order chi connectivity index (χ0) is 13.2. The number of nitrogens with zero attached hydrogens (tertiary/aromatic N) is 2. The van der Waals surface area contributed by atoms with Gasteiger partial charge in [-0.3, -0.25) is 14.8 Å². The standard InChI is InChI=1S/C14H22N4O/c1-10(18-6-2-3-7-18)9-15-14(19)13-8-12(16-17-13)11-4-5-11/h8,10-11H,2-7,9H2,1H3,(H,15,19)(H,16,17)/t10-/m1/s1. The van der Waals surface area contributed by atoms with Crippen molar-refractivity contribution < 1.29 is 4.79 Å². The molecule has 1 aliphatic heterocycles. The lowest BCUT2D eigenvalue weighted by Crippen LogP contribution is -2.40. The van der Waals surface area contributed by atoms with Gasteiger partial charge < -0.3 is 5.32 Å². The van der Waals surface area contributed by atoms with E-state index in [1.165, 1.54) is 25.7 Å². The average molecular weight is 262 g/mol. The van der Waals surface area contributed by atoms with Crippen LogP contribution in [0.2, 0.25) is 0 Å². The Balaban J connectivity index is 1.49. The van der Waals surface area contributed by atoms with E-state index in [0.29, 0.717) is 24.2 Å². The van der Waals surface area contributed by atoms with Crippen LogP contribution in [0.5, 0.6) is 0 Å². The monoisotopic (exact) mass is 262 g/mol. The van der Waals surface area contributed by atoms with Crippen LogP contribution in [-0.4, -0.2) is 46.7 Å². The number of carbonyl (C=O) groups is 1. The smallest absolute Gasteiger partial charge is 0.271 e. The van der Waals surface area contributed by atoms with Gasteiger partial charge in [-0.25, -0.2) is 0 Å². The van der Waals surface area contributed by atoms with E-state index in [9.17, 15) is 4.79 Å². The third-order valence-electron chi connectivity index (χ3n) is 4.17. The summed E-state index contributed by atoms with van der Waals surface area (Å²) < 4.78 is 0. The molecule has 3 rings (SSSR count). The number of H-pyrrole nitrogens is 1. The Morgan fingerprint density at radius 3 is 2.95 bits per heavy atom. The van der Waals surface area contributed by atoms with Crippen LogP contribution in [0.15, 0.2) is 6.07 Å². The van der Waals surface area contributed by atoms with Crippen molar-refractivity contribution in [2.75, 3.05) is 19.6 Å². The molecule has 1 aliphatic carbocycles. The molecule has 0 spiro atoms. The number of rotatable bonds is 5. The number of hydrogen-bond acceptors (Lipinski definition) is 3. The van der Waals surface area contributed by atoms with E-state index in [4.69, 9.17) is 0 Å². The van der Waals surface area contributed by atoms with Crippen LogP contribution in [0.1, 0.15) is 54.7 Å². The predicted molar refractivity (Wildman–Crippen MR) is 73.2 cm³/mol. The van der Waals surface area contributed by atoms with Crippen LogP contribution >= 0.6 is 0 Å². The Morgan fingerprint density at radius 1 is 1.53 bits per heavy atom. The number of hydrogen-bond donors (Lipinski definition) is 2. The third-order valence-corrected chi connectivity index (χ3v) is 4.17. The van der Waals surface area contributed by atoms with Crippen LogP contribution in [0, 0.1) is 0 Å². The second-order valence-electron chi connectivity index (χ2n) is 5.78. The number of carbonyl (C=O) groups excluding carboxylic acids is 1. The fourth-order valence-corrected chi connectivity index (χ4v) is 2.70. The van der Waals surface area contributed by atoms with E-state index in [0.717, 1.165) is 18.8 Å². The first-order chi connectivity index (χ1) is 9.24. The van der Waals surface area contributed by atoms with E-state index < -0.39 is 0 Å². The van der Waals surface area contributed by atoms with Gasteiger partial charge in [0.2, 0.25) is 0 Å². The summed E-state index contributed by atoms with van der Waals surface area (Å²) in [7, 11) is 0. The lowest BCUT2D eigenvalue weighted by Gasteiger charge is -2.23. The van der Waals surface area contributed by atoms with Gasteiger partial charge in [-0.1, -0.05) is 0 Å². The van der Waals surface area contributed by atoms with Crippen molar-refractivity contribution >= 4 is 5.91 Å². The van der Waals surface area contributed by atoms with Gasteiger partial charge in [-0.05, 0) is 51.8 Å². The number of aromatic amines is 1. The molecule has 1 aromatic rings. The first kappa shape index (κ1) is 12.7. The summed E-state index contributed by atoms with van der Waals surface area (Å²) in [6.07, 6.45) is 5.00. The molecule has 0 bridgehead atoms. The van der Waals surface area contributed by atoms with Crippen molar-refractivity contribution in [2.24, 2.45) is 0 Å². The van der Waals surface area contributed by atoms with E-state index in [1.54, 1.807) is 0 Å². The maximum absolute atomic E-state index is 12.0. The molecule has 1 saturated heterocycles. The van der Waals surface area contributed by atoms with E-state index in [-0.39, 0.29) is 5.91 Å². The summed E-state index contributed by atoms with van der Waals surface area (Å²) >= 11 is 0. The van der Waals surface area contributed by atoms with Crippen molar-refractivity contribution in [3.63, 3.8) is 0 Å². The van der Waals surface area contributed by atoms with Gasteiger partial charge in [0.25, 0.3) is 5.91 Å². The maximum atomic E-state index is 12.0. The van der Waals surface area contributed by atoms with Gasteiger partial charge in [-0.15, -0.1) is 0 Å². The molecule has 104 valence electrons. The molecule has 0 radical (unpaired) electrons. The summed E-state index contributed by atoms with van der Waals surface area (Å²) in [5.41, 5.74) is 1.63. The van der Waals surface area contributed by atoms with E-state index >= 15 is 0 Å². The molecule has 2 heterocycles. The molecule has 5 heteroatoms. The highest BCUT2D eigenvalue weighted by molar-refractivity contribution is 5.92. The number of amides is 1. The summed E-state index contributed by atoms with van der Waals surface area (Å²) in [6.45, 7) is 5.19. The highest BCUT2D eigenvalue weighted by atomic mass is 16.1. The largest absolute Gasteiger partial charge is 0.349 e. The molecule has 2 N–H and O–H groups in total. The summed E-state index contributed by atoms with van der Waals surface area (Å²) in [4.78, 5) is 14.4. The van der Waals surface area contributed by atoms with E-state index in [1.807, 2.05) is 6.07 Å². The van der Waals surface area contributed by atoms with Gasteiger partial charge in [0, 0.05) is 24.2 Å². The summed E-state index contributed by atoms with van der Waals surface area (Å²) in [6, 6.07) is 2.31. The van der Waals surface area contributed by atoms with Crippen LogP contribution in [-0.2, 0) is 0 Å². The molecule has 1 saturated carbocycles. The molecule has 1 atom stereocenters. The predicted octanol–water partition coefficient (Wildman–Crippen LogP) is 1.50. The van der Waals surface area contributed by atoms with Crippen molar-refractivity contribution in [3.8, 4) is 0 Å². The highest BCUT2D eigenvalue weighted by Gasteiger charge is 2.26. The van der Waals surface area contributed by atoms with Crippen LogP contribution < -0.4 is 5.32 Å². The Bertz CT molecular complexity index is 446. The van der Waals surface area contributed by atoms with Gasteiger partial charge in [0.1, 0.15) is 5.69 Å². The van der Waals surface area contributed by atoms with Gasteiger partial charge in [0.15, 0.2) is 0 Å². The summed E-state index contributed by atoms with van der Waals surface area (Å²) in [5.74, 6) is 0.548. The first-order valence-electron chi connectivity index (χ1n) is 7.31. The maximum Gasteiger partial charge on any atom is 0.271 e. The Hall–Kier alpha value is -1.36. The molecular formula is C14H22N4O. The van der Waals surface area contributed by atoms with Gasteiger partial charge in [-0.2, -0.15) is 5.10 Å². The summed E-state index contributed by atoms with van der Waals surface area (Å²) in [5, 5.41) is 10.1.